The number of halogens is 3. The van der Waals surface area contributed by atoms with E-state index in [1.54, 1.807) is 23.1 Å². The zero-order valence-corrected chi connectivity index (χ0v) is 18.3. The molecule has 2 aromatic carbocycles. The molecule has 0 fully saturated rings. The Morgan fingerprint density at radius 1 is 1.15 bits per heavy atom. The number of anilines is 1. The first-order valence-corrected chi connectivity index (χ1v) is 9.72. The quantitative estimate of drug-likeness (QED) is 0.518. The molecule has 0 aliphatic carbocycles. The van der Waals surface area contributed by atoms with Crippen LogP contribution in [-0.2, 0) is 0 Å². The fourth-order valence-corrected chi connectivity index (χ4v) is 4.02. The SMILES string of the molecule is Cc1cccc2sc(N(CCN(C)C)C(=O)c3cc(Cl)ccc3Cl)nc12.Cl. The average Bonchev–Trinajstić information content (AvgIpc) is 3.02. The average molecular weight is 445 g/mol. The lowest BCUT2D eigenvalue weighted by atomic mass is 10.2. The highest BCUT2D eigenvalue weighted by Crippen LogP contribution is 2.32. The molecule has 0 radical (unpaired) electrons. The minimum atomic E-state index is -0.198. The molecular formula is C19H20Cl3N3OS. The van der Waals surface area contributed by atoms with Crippen LogP contribution in [0.15, 0.2) is 36.4 Å². The van der Waals surface area contributed by atoms with Crippen LogP contribution in [0.4, 0.5) is 5.13 Å². The van der Waals surface area contributed by atoms with E-state index in [1.807, 2.05) is 44.1 Å². The third kappa shape index (κ3) is 4.92. The summed E-state index contributed by atoms with van der Waals surface area (Å²) in [4.78, 5) is 21.7. The van der Waals surface area contributed by atoms with Crippen LogP contribution in [0.1, 0.15) is 15.9 Å². The van der Waals surface area contributed by atoms with E-state index in [0.29, 0.717) is 33.8 Å². The van der Waals surface area contributed by atoms with Crippen molar-refractivity contribution in [2.24, 2.45) is 0 Å². The summed E-state index contributed by atoms with van der Waals surface area (Å²) in [5, 5.41) is 1.52. The molecule has 8 heteroatoms. The fourth-order valence-electron chi connectivity index (χ4n) is 2.58. The topological polar surface area (TPSA) is 36.4 Å². The van der Waals surface area contributed by atoms with E-state index in [1.165, 1.54) is 11.3 Å². The Hall–Kier alpha value is -1.37. The minimum absolute atomic E-state index is 0. The highest BCUT2D eigenvalue weighted by Gasteiger charge is 2.23. The maximum atomic E-state index is 13.2. The summed E-state index contributed by atoms with van der Waals surface area (Å²) in [6, 6.07) is 11.0. The van der Waals surface area contributed by atoms with Crippen molar-refractivity contribution in [3.63, 3.8) is 0 Å². The molecule has 3 rings (SSSR count). The van der Waals surface area contributed by atoms with E-state index >= 15 is 0 Å². The number of fused-ring (bicyclic) bond motifs is 1. The standard InChI is InChI=1S/C19H19Cl2N3OS.ClH/c1-12-5-4-6-16-17(12)22-19(26-16)24(10-9-23(2)3)18(25)14-11-13(20)7-8-15(14)21;/h4-8,11H,9-10H2,1-3H3;1H. The number of para-hydroxylation sites is 1. The first-order chi connectivity index (χ1) is 12.4. The van der Waals surface area contributed by atoms with E-state index in [4.69, 9.17) is 28.2 Å². The van der Waals surface area contributed by atoms with Crippen LogP contribution in [0.5, 0.6) is 0 Å². The highest BCUT2D eigenvalue weighted by atomic mass is 35.5. The predicted octanol–water partition coefficient (Wildman–Crippen LogP) is 5.54. The molecule has 0 unspecified atom stereocenters. The second-order valence-corrected chi connectivity index (χ2v) is 8.16. The molecule has 27 heavy (non-hydrogen) atoms. The number of rotatable bonds is 5. The Morgan fingerprint density at radius 2 is 1.89 bits per heavy atom. The van der Waals surface area contributed by atoms with Crippen molar-refractivity contribution in [3.8, 4) is 0 Å². The number of nitrogens with zero attached hydrogens (tertiary/aromatic N) is 3. The van der Waals surface area contributed by atoms with Gasteiger partial charge in [0.15, 0.2) is 5.13 Å². The Kier molecular flexibility index (Phi) is 7.48. The fraction of sp³-hybridized carbons (Fsp3) is 0.263. The van der Waals surface area contributed by atoms with Gasteiger partial charge >= 0.3 is 0 Å². The van der Waals surface area contributed by atoms with E-state index in [2.05, 4.69) is 0 Å². The maximum absolute atomic E-state index is 13.2. The second kappa shape index (κ2) is 9.22. The van der Waals surface area contributed by atoms with Gasteiger partial charge in [0.25, 0.3) is 5.91 Å². The van der Waals surface area contributed by atoms with Crippen molar-refractivity contribution in [1.82, 2.24) is 9.88 Å². The molecule has 0 bridgehead atoms. The number of thiazole rings is 1. The summed E-state index contributed by atoms with van der Waals surface area (Å²) >= 11 is 13.8. The Labute approximate surface area is 179 Å². The Bertz CT molecular complexity index is 959. The number of carbonyl (C=O) groups is 1. The molecule has 3 aromatic rings. The van der Waals surface area contributed by atoms with Gasteiger partial charge in [-0.1, -0.05) is 46.7 Å². The summed E-state index contributed by atoms with van der Waals surface area (Å²) in [5.74, 6) is -0.198. The first kappa shape index (κ1) is 21.9. The summed E-state index contributed by atoms with van der Waals surface area (Å²) in [5.41, 5.74) is 2.40. The van der Waals surface area contributed by atoms with Crippen molar-refractivity contribution < 1.29 is 4.79 Å². The van der Waals surface area contributed by atoms with Gasteiger partial charge in [-0.05, 0) is 50.8 Å². The third-order valence-corrected chi connectivity index (χ3v) is 5.62. The number of amides is 1. The van der Waals surface area contributed by atoms with Gasteiger partial charge in [0, 0.05) is 18.1 Å². The van der Waals surface area contributed by atoms with Gasteiger partial charge in [0.05, 0.1) is 20.8 Å². The molecule has 0 saturated carbocycles. The third-order valence-electron chi connectivity index (χ3n) is 4.02. The molecule has 0 atom stereocenters. The lowest BCUT2D eigenvalue weighted by Gasteiger charge is -2.22. The van der Waals surface area contributed by atoms with Crippen LogP contribution in [0.3, 0.4) is 0 Å². The molecule has 0 N–H and O–H groups in total. The lowest BCUT2D eigenvalue weighted by molar-refractivity contribution is 0.0985. The normalized spacial score (nSPS) is 10.9. The molecule has 144 valence electrons. The van der Waals surface area contributed by atoms with Gasteiger partial charge in [-0.3, -0.25) is 9.69 Å². The van der Waals surface area contributed by atoms with E-state index in [0.717, 1.165) is 15.8 Å². The molecule has 1 aromatic heterocycles. The number of aromatic nitrogens is 1. The second-order valence-electron chi connectivity index (χ2n) is 6.30. The maximum Gasteiger partial charge on any atom is 0.261 e. The molecule has 0 spiro atoms. The van der Waals surface area contributed by atoms with E-state index < -0.39 is 0 Å². The van der Waals surface area contributed by atoms with Crippen LogP contribution in [0.25, 0.3) is 10.2 Å². The molecule has 1 amide bonds. The van der Waals surface area contributed by atoms with E-state index in [-0.39, 0.29) is 18.3 Å². The van der Waals surface area contributed by atoms with Crippen molar-refractivity contribution >= 4 is 68.2 Å². The van der Waals surface area contributed by atoms with Crippen LogP contribution < -0.4 is 4.90 Å². The number of likely N-dealkylation sites (N-methyl/N-ethyl adjacent to an activating group) is 1. The molecule has 0 saturated heterocycles. The lowest BCUT2D eigenvalue weighted by Crippen LogP contribution is -2.36. The molecule has 0 aliphatic rings. The number of hydrogen-bond acceptors (Lipinski definition) is 4. The molecular weight excluding hydrogens is 425 g/mol. The number of carbonyl (C=O) groups excluding carboxylic acids is 1. The van der Waals surface area contributed by atoms with Gasteiger partial charge < -0.3 is 4.90 Å². The van der Waals surface area contributed by atoms with Gasteiger partial charge in [0.2, 0.25) is 0 Å². The Balaban J connectivity index is 0.00000261. The van der Waals surface area contributed by atoms with Crippen LogP contribution in [-0.4, -0.2) is 43.0 Å². The van der Waals surface area contributed by atoms with Crippen molar-refractivity contribution in [3.05, 3.63) is 57.6 Å². The van der Waals surface area contributed by atoms with Gasteiger partial charge in [-0.25, -0.2) is 4.98 Å². The molecule has 4 nitrogen and oxygen atoms in total. The number of benzene rings is 2. The monoisotopic (exact) mass is 443 g/mol. The predicted molar refractivity (Wildman–Crippen MR) is 118 cm³/mol. The first-order valence-electron chi connectivity index (χ1n) is 8.14. The van der Waals surface area contributed by atoms with Crippen molar-refractivity contribution in [2.45, 2.75) is 6.92 Å². The molecule has 0 aliphatic heterocycles. The smallest absolute Gasteiger partial charge is 0.261 e. The Morgan fingerprint density at radius 3 is 2.56 bits per heavy atom. The number of hydrogen-bond donors (Lipinski definition) is 0. The molecule has 1 heterocycles. The zero-order chi connectivity index (χ0) is 18.8. The largest absolute Gasteiger partial charge is 0.308 e. The van der Waals surface area contributed by atoms with Crippen molar-refractivity contribution in [1.29, 1.82) is 0 Å². The summed E-state index contributed by atoms with van der Waals surface area (Å²) in [7, 11) is 3.94. The van der Waals surface area contributed by atoms with Gasteiger partial charge in [0.1, 0.15) is 0 Å². The summed E-state index contributed by atoms with van der Waals surface area (Å²) in [6.45, 7) is 3.23. The number of aryl methyl sites for hydroxylation is 1. The minimum Gasteiger partial charge on any atom is -0.308 e. The van der Waals surface area contributed by atoms with Crippen molar-refractivity contribution in [2.75, 3.05) is 32.1 Å². The van der Waals surface area contributed by atoms with Gasteiger partial charge in [-0.15, -0.1) is 12.4 Å². The zero-order valence-electron chi connectivity index (χ0n) is 15.2. The van der Waals surface area contributed by atoms with E-state index in [9.17, 15) is 4.79 Å². The summed E-state index contributed by atoms with van der Waals surface area (Å²) in [6.07, 6.45) is 0. The summed E-state index contributed by atoms with van der Waals surface area (Å²) < 4.78 is 1.06. The highest BCUT2D eigenvalue weighted by molar-refractivity contribution is 7.22. The van der Waals surface area contributed by atoms with Crippen LogP contribution in [0, 0.1) is 6.92 Å². The van der Waals surface area contributed by atoms with Gasteiger partial charge in [-0.2, -0.15) is 0 Å². The van der Waals surface area contributed by atoms with Crippen LogP contribution >= 0.6 is 46.9 Å². The van der Waals surface area contributed by atoms with Crippen LogP contribution in [0.2, 0.25) is 10.0 Å².